The van der Waals surface area contributed by atoms with Crippen molar-refractivity contribution in [3.63, 3.8) is 0 Å². The van der Waals surface area contributed by atoms with Crippen LogP contribution in [0.4, 0.5) is 0 Å². The Morgan fingerprint density at radius 2 is 1.77 bits per heavy atom. The molecule has 14 heteroatoms. The van der Waals surface area contributed by atoms with E-state index >= 15 is 9.59 Å². The van der Waals surface area contributed by atoms with Gasteiger partial charge in [-0.2, -0.15) is 0 Å². The van der Waals surface area contributed by atoms with Crippen molar-refractivity contribution in [2.45, 2.75) is 80.0 Å². The molecule has 3 aliphatic heterocycles. The molecule has 1 unspecified atom stereocenters. The summed E-state index contributed by atoms with van der Waals surface area (Å²) in [5.74, 6) is -4.02. The minimum atomic E-state index is -1.45. The number of fused-ring (bicyclic) bond motifs is 2. The highest BCUT2D eigenvalue weighted by Gasteiger charge is 2.77. The molecule has 3 fully saturated rings. The number of aliphatic hydroxyl groups is 1. The first-order chi connectivity index (χ1) is 27.6. The Morgan fingerprint density at radius 1 is 1.07 bits per heavy atom. The fourth-order valence-corrected chi connectivity index (χ4v) is 9.76. The second-order valence-corrected chi connectivity index (χ2v) is 16.1. The number of alkyl halides is 1. The van der Waals surface area contributed by atoms with Crippen LogP contribution in [-0.4, -0.2) is 101 Å². The number of nitrogens with one attached hydrogen (secondary N) is 1. The minimum absolute atomic E-state index is 0.00504. The first-order valence-electron chi connectivity index (χ1n) is 19.2. The van der Waals surface area contributed by atoms with Crippen LogP contribution in [0.3, 0.4) is 0 Å². The summed E-state index contributed by atoms with van der Waals surface area (Å²) in [6.07, 6.45) is 2.78. The van der Waals surface area contributed by atoms with E-state index in [1.165, 1.54) is 4.90 Å². The Morgan fingerprint density at radius 3 is 2.47 bits per heavy atom. The van der Waals surface area contributed by atoms with E-state index in [-0.39, 0.29) is 38.4 Å². The van der Waals surface area contributed by atoms with Gasteiger partial charge in [0.1, 0.15) is 29.9 Å². The van der Waals surface area contributed by atoms with E-state index in [1.54, 1.807) is 28.7 Å². The van der Waals surface area contributed by atoms with Gasteiger partial charge in [-0.15, -0.1) is 18.3 Å². The molecule has 13 nitrogen and oxygen atoms in total. The highest BCUT2D eigenvalue weighted by molar-refractivity contribution is 9.09. The highest BCUT2D eigenvalue weighted by atomic mass is 79.9. The monoisotopic (exact) mass is 838 g/mol. The van der Waals surface area contributed by atoms with E-state index in [9.17, 15) is 14.7 Å². The molecule has 3 amide bonds. The van der Waals surface area contributed by atoms with E-state index in [4.69, 9.17) is 9.47 Å². The fraction of sp³-hybridized carbons (Fsp3) is 0.395. The van der Waals surface area contributed by atoms with Gasteiger partial charge in [0.05, 0.1) is 42.1 Å². The molecule has 0 saturated carbocycles. The fourth-order valence-electron chi connectivity index (χ4n) is 8.82. The Hall–Kier alpha value is -5.18. The number of para-hydroxylation sites is 1. The lowest BCUT2D eigenvalue weighted by molar-refractivity contribution is -0.162. The third-order valence-electron chi connectivity index (χ3n) is 11.3. The Labute approximate surface area is 339 Å². The summed E-state index contributed by atoms with van der Waals surface area (Å²) >= 11 is 3.76. The molecule has 298 valence electrons. The Kier molecular flexibility index (Phi) is 12.0. The number of benzene rings is 3. The van der Waals surface area contributed by atoms with Crippen LogP contribution >= 0.6 is 15.9 Å². The number of amides is 3. The number of carbonyl (C=O) groups is 4. The molecule has 3 saturated heterocycles. The molecule has 1 aromatic heterocycles. The van der Waals surface area contributed by atoms with Crippen molar-refractivity contribution in [2.24, 2.45) is 11.8 Å². The van der Waals surface area contributed by atoms with Crippen LogP contribution in [0.1, 0.15) is 43.4 Å². The second-order valence-electron chi connectivity index (χ2n) is 15.0. The third kappa shape index (κ3) is 7.65. The standard InChI is InChI=1S/C43H47BrN6O7/c1-4-6-21-34(52)45-27(3)37(29-17-11-8-12-18-29)56-42(55)35-36-40(53)50(30(25-51)23-28-15-9-7-10-16-28)39(43(36)24-31(44)38(35)57-43)41(54)48(22-5-2)26-49-33-20-14-13-19-32(33)46-47-49/h4-5,7-20,27,30-31,35-39,51H,1-2,6,21-26H2,3H3,(H,45,52)/t27-,30-,31?,35-,36+,37-,38-,39-,43+/m1/s1. The van der Waals surface area contributed by atoms with Crippen LogP contribution in [0.2, 0.25) is 0 Å². The molecule has 3 aliphatic rings. The molecule has 2 bridgehead atoms. The van der Waals surface area contributed by atoms with Crippen molar-refractivity contribution in [2.75, 3.05) is 13.2 Å². The lowest BCUT2D eigenvalue weighted by Crippen LogP contribution is -2.59. The maximum Gasteiger partial charge on any atom is 0.313 e. The predicted octanol–water partition coefficient (Wildman–Crippen LogP) is 4.51. The zero-order valence-corrected chi connectivity index (χ0v) is 33.3. The third-order valence-corrected chi connectivity index (χ3v) is 12.2. The first kappa shape index (κ1) is 40.0. The van der Waals surface area contributed by atoms with E-state index in [0.29, 0.717) is 23.0 Å². The van der Waals surface area contributed by atoms with E-state index in [1.807, 2.05) is 84.9 Å². The van der Waals surface area contributed by atoms with Crippen LogP contribution in [0, 0.1) is 11.8 Å². The van der Waals surface area contributed by atoms with Crippen molar-refractivity contribution in [1.82, 2.24) is 30.1 Å². The number of aliphatic hydroxyl groups excluding tert-OH is 1. The molecule has 57 heavy (non-hydrogen) atoms. The summed E-state index contributed by atoms with van der Waals surface area (Å²) in [4.78, 5) is 60.5. The van der Waals surface area contributed by atoms with Crippen LogP contribution in [-0.2, 0) is 41.7 Å². The van der Waals surface area contributed by atoms with Crippen LogP contribution in [0.5, 0.6) is 0 Å². The zero-order valence-electron chi connectivity index (χ0n) is 31.7. The number of allylic oxidation sites excluding steroid dienone is 1. The van der Waals surface area contributed by atoms with Gasteiger partial charge in [-0.1, -0.05) is 106 Å². The van der Waals surface area contributed by atoms with Gasteiger partial charge < -0.3 is 29.7 Å². The predicted molar refractivity (Wildman–Crippen MR) is 215 cm³/mol. The van der Waals surface area contributed by atoms with Crippen molar-refractivity contribution >= 4 is 50.7 Å². The minimum Gasteiger partial charge on any atom is -0.455 e. The number of likely N-dealkylation sites (tertiary alicyclic amines) is 1. The number of nitrogens with zero attached hydrogens (tertiary/aromatic N) is 5. The molecule has 1 spiro atoms. The van der Waals surface area contributed by atoms with Crippen molar-refractivity contribution in [3.05, 3.63) is 121 Å². The topological polar surface area (TPSA) is 156 Å². The normalized spacial score (nSPS) is 25.1. The SMILES string of the molecule is C=CCCC(=O)N[C@H](C)[C@@H](OC(=O)[C@H]1[C@@H]2O[C@@]3(CC2Br)[C@@H]1C(=O)N([C@@H](CO)Cc1ccccc1)[C@@H]3C(=O)N(CC=C)Cn1nnc2ccccc21)c1ccccc1. The average molecular weight is 840 g/mol. The van der Waals surface area contributed by atoms with Crippen molar-refractivity contribution < 1.29 is 33.8 Å². The number of rotatable bonds is 17. The zero-order chi connectivity index (χ0) is 40.3. The molecular formula is C43H47BrN6O7. The number of hydrogen-bond donors (Lipinski definition) is 2. The first-order valence-corrected chi connectivity index (χ1v) is 20.2. The van der Waals surface area contributed by atoms with Gasteiger partial charge in [-0.05, 0) is 49.4 Å². The lowest BCUT2D eigenvalue weighted by Gasteiger charge is -2.39. The quantitative estimate of drug-likeness (QED) is 0.0888. The van der Waals surface area contributed by atoms with Gasteiger partial charge in [0, 0.05) is 17.8 Å². The molecule has 7 rings (SSSR count). The number of esters is 1. The number of aromatic nitrogens is 3. The van der Waals surface area contributed by atoms with Gasteiger partial charge in [0.15, 0.2) is 0 Å². The molecule has 0 radical (unpaired) electrons. The molecule has 4 aromatic rings. The Balaban J connectivity index is 1.26. The molecule has 3 aromatic carbocycles. The molecular weight excluding hydrogens is 792 g/mol. The van der Waals surface area contributed by atoms with Crippen LogP contribution in [0.25, 0.3) is 11.0 Å². The Bertz CT molecular complexity index is 2120. The van der Waals surface area contributed by atoms with Gasteiger partial charge in [-0.3, -0.25) is 19.2 Å². The number of hydrogen-bond acceptors (Lipinski definition) is 9. The summed E-state index contributed by atoms with van der Waals surface area (Å²) in [6, 6.07) is 23.3. The summed E-state index contributed by atoms with van der Waals surface area (Å²) in [7, 11) is 0. The maximum atomic E-state index is 15.2. The van der Waals surface area contributed by atoms with Gasteiger partial charge in [0.25, 0.3) is 0 Å². The lowest BCUT2D eigenvalue weighted by atomic mass is 9.70. The number of halogens is 1. The summed E-state index contributed by atoms with van der Waals surface area (Å²) in [5.41, 5.74) is 1.44. The second kappa shape index (κ2) is 17.1. The smallest absolute Gasteiger partial charge is 0.313 e. The largest absolute Gasteiger partial charge is 0.455 e. The summed E-state index contributed by atoms with van der Waals surface area (Å²) in [5, 5.41) is 22.5. The summed E-state index contributed by atoms with van der Waals surface area (Å²) < 4.78 is 14.8. The van der Waals surface area contributed by atoms with Crippen LogP contribution in [0.15, 0.2) is 110 Å². The highest BCUT2D eigenvalue weighted by Crippen LogP contribution is 2.61. The molecule has 0 aliphatic carbocycles. The van der Waals surface area contributed by atoms with Crippen molar-refractivity contribution in [1.29, 1.82) is 0 Å². The molecule has 2 N–H and O–H groups in total. The van der Waals surface area contributed by atoms with E-state index in [0.717, 1.165) is 5.56 Å². The van der Waals surface area contributed by atoms with Gasteiger partial charge >= 0.3 is 5.97 Å². The van der Waals surface area contributed by atoms with E-state index < -0.39 is 77.0 Å². The van der Waals surface area contributed by atoms with Crippen molar-refractivity contribution in [3.8, 4) is 0 Å². The number of ether oxygens (including phenoxy) is 2. The van der Waals surface area contributed by atoms with Gasteiger partial charge in [0.2, 0.25) is 17.7 Å². The summed E-state index contributed by atoms with van der Waals surface area (Å²) in [6.45, 7) is 9.03. The molecule has 4 heterocycles. The average Bonchev–Trinajstić information content (AvgIpc) is 3.95. The molecule has 9 atom stereocenters. The maximum absolute atomic E-state index is 15.2. The van der Waals surface area contributed by atoms with E-state index in [2.05, 4.69) is 44.7 Å². The van der Waals surface area contributed by atoms with Gasteiger partial charge in [-0.25, -0.2) is 4.68 Å². The van der Waals surface area contributed by atoms with Crippen LogP contribution < -0.4 is 5.32 Å². The number of carbonyl (C=O) groups excluding carboxylic acids is 4.